The number of hydrogen-bond acceptors (Lipinski definition) is 6. The van der Waals surface area contributed by atoms with Crippen molar-refractivity contribution in [1.29, 1.82) is 0 Å². The molecule has 0 spiro atoms. The van der Waals surface area contributed by atoms with E-state index in [-0.39, 0.29) is 26.4 Å². The Morgan fingerprint density at radius 3 is 2.29 bits per heavy atom. The normalized spacial score (nSPS) is 10.4. The Bertz CT molecular complexity index is 218. The minimum atomic E-state index is -0.125. The van der Waals surface area contributed by atoms with Crippen LogP contribution in [0.5, 0.6) is 0 Å². The van der Waals surface area contributed by atoms with Gasteiger partial charge in [0.15, 0.2) is 0 Å². The number of hydrogen-bond donors (Lipinski definition) is 2. The van der Waals surface area contributed by atoms with E-state index in [1.54, 1.807) is 12.1 Å². The van der Waals surface area contributed by atoms with Crippen LogP contribution in [0.25, 0.3) is 0 Å². The van der Waals surface area contributed by atoms with Gasteiger partial charge in [0.2, 0.25) is 5.88 Å². The van der Waals surface area contributed by atoms with Crippen molar-refractivity contribution in [2.75, 3.05) is 31.7 Å². The predicted octanol–water partition coefficient (Wildman–Crippen LogP) is -0.0662. The molecule has 0 bridgehead atoms. The molecule has 0 saturated carbocycles. The summed E-state index contributed by atoms with van der Waals surface area (Å²) in [6.45, 7) is -0.0718. The zero-order chi connectivity index (χ0) is 10.2. The van der Waals surface area contributed by atoms with Crippen molar-refractivity contribution < 1.29 is 24.3 Å². The van der Waals surface area contributed by atoms with Gasteiger partial charge in [0, 0.05) is 6.07 Å². The smallest absolute Gasteiger partial charge is 0.247 e. The molecule has 1 heterocycles. The molecule has 6 heteroatoms. The van der Waals surface area contributed by atoms with Gasteiger partial charge in [-0.15, -0.1) is 0 Å². The summed E-state index contributed by atoms with van der Waals surface area (Å²) in [5.74, 6) is 0.354. The average Bonchev–Trinajstić information content (AvgIpc) is 2.71. The van der Waals surface area contributed by atoms with Crippen LogP contribution in [0.4, 0.5) is 5.88 Å². The van der Waals surface area contributed by atoms with Crippen LogP contribution < -0.4 is 5.23 Å². The van der Waals surface area contributed by atoms with Gasteiger partial charge in [-0.25, -0.2) is 9.68 Å². The quantitative estimate of drug-likeness (QED) is 0.604. The number of rotatable bonds is 7. The van der Waals surface area contributed by atoms with Crippen molar-refractivity contribution >= 4 is 5.88 Å². The van der Waals surface area contributed by atoms with E-state index in [1.807, 2.05) is 0 Å². The molecule has 0 aliphatic rings. The second-order valence-electron chi connectivity index (χ2n) is 2.32. The van der Waals surface area contributed by atoms with Gasteiger partial charge in [-0.1, -0.05) is 5.23 Å². The largest absolute Gasteiger partial charge is 0.445 e. The minimum Gasteiger partial charge on any atom is -0.445 e. The monoisotopic (exact) mass is 203 g/mol. The van der Waals surface area contributed by atoms with E-state index in [0.717, 1.165) is 5.23 Å². The van der Waals surface area contributed by atoms with Crippen LogP contribution in [0.1, 0.15) is 0 Å². The summed E-state index contributed by atoms with van der Waals surface area (Å²) in [6, 6.07) is 3.31. The third-order valence-corrected chi connectivity index (χ3v) is 1.29. The molecule has 0 radical (unpaired) electrons. The molecule has 0 fully saturated rings. The fraction of sp³-hybridized carbons (Fsp3) is 0.500. The van der Waals surface area contributed by atoms with E-state index < -0.39 is 0 Å². The van der Waals surface area contributed by atoms with E-state index >= 15 is 0 Å². The highest BCUT2D eigenvalue weighted by Crippen LogP contribution is 2.14. The molecule has 0 aliphatic carbocycles. The summed E-state index contributed by atoms with van der Waals surface area (Å²) < 4.78 is 5.00. The van der Waals surface area contributed by atoms with Gasteiger partial charge in [-0.2, -0.15) is 0 Å². The van der Waals surface area contributed by atoms with E-state index in [2.05, 4.69) is 0 Å². The van der Waals surface area contributed by atoms with Crippen molar-refractivity contribution in [2.24, 2.45) is 0 Å². The van der Waals surface area contributed by atoms with Crippen LogP contribution in [0, 0.1) is 0 Å². The molecule has 14 heavy (non-hydrogen) atoms. The molecule has 0 atom stereocenters. The van der Waals surface area contributed by atoms with Crippen LogP contribution in [0.3, 0.4) is 0 Å². The number of furan rings is 1. The lowest BCUT2D eigenvalue weighted by Gasteiger charge is -2.18. The maximum Gasteiger partial charge on any atom is 0.247 e. The molecular weight excluding hydrogens is 190 g/mol. The Balaban J connectivity index is 2.44. The van der Waals surface area contributed by atoms with E-state index in [9.17, 15) is 0 Å². The van der Waals surface area contributed by atoms with Crippen LogP contribution in [0.15, 0.2) is 22.8 Å². The zero-order valence-corrected chi connectivity index (χ0v) is 7.63. The molecule has 0 saturated heterocycles. The Kier molecular flexibility index (Phi) is 5.02. The second kappa shape index (κ2) is 6.39. The first kappa shape index (κ1) is 11.0. The molecule has 0 aliphatic heterocycles. The van der Waals surface area contributed by atoms with Gasteiger partial charge in [0.05, 0.1) is 19.5 Å². The Labute approximate surface area is 81.2 Å². The maximum atomic E-state index is 8.55. The Morgan fingerprint density at radius 1 is 1.21 bits per heavy atom. The molecule has 0 amide bonds. The summed E-state index contributed by atoms with van der Waals surface area (Å²) in [5.41, 5.74) is 0. The summed E-state index contributed by atoms with van der Waals surface area (Å²) >= 11 is 0. The van der Waals surface area contributed by atoms with Gasteiger partial charge in [0.25, 0.3) is 0 Å². The highest BCUT2D eigenvalue weighted by molar-refractivity contribution is 5.27. The fourth-order valence-electron chi connectivity index (χ4n) is 0.786. The zero-order valence-electron chi connectivity index (χ0n) is 7.63. The topological polar surface area (TPSA) is 75.3 Å². The standard InChI is InChI=1S/C8H13NO5/c10-3-6-13-9(14-7-4-11)8-2-1-5-12-8/h1-2,5,10-11H,3-4,6-7H2. The van der Waals surface area contributed by atoms with Crippen molar-refractivity contribution in [2.45, 2.75) is 0 Å². The lowest BCUT2D eigenvalue weighted by Crippen LogP contribution is -2.26. The SMILES string of the molecule is OCCON(OCCO)c1ccco1. The number of aliphatic hydroxyl groups excluding tert-OH is 2. The Hall–Kier alpha value is -1.08. The van der Waals surface area contributed by atoms with Gasteiger partial charge in [-0.05, 0) is 6.07 Å². The van der Waals surface area contributed by atoms with Crippen molar-refractivity contribution in [1.82, 2.24) is 0 Å². The minimum absolute atomic E-state index is 0.0894. The first-order valence-corrected chi connectivity index (χ1v) is 4.19. The molecule has 1 rings (SSSR count). The van der Waals surface area contributed by atoms with Gasteiger partial charge < -0.3 is 14.6 Å². The van der Waals surface area contributed by atoms with Crippen LogP contribution in [-0.4, -0.2) is 36.6 Å². The lowest BCUT2D eigenvalue weighted by molar-refractivity contribution is -0.109. The molecular formula is C8H13NO5. The first-order chi connectivity index (χ1) is 6.88. The third kappa shape index (κ3) is 3.35. The molecule has 80 valence electrons. The first-order valence-electron chi connectivity index (χ1n) is 4.19. The van der Waals surface area contributed by atoms with E-state index in [1.165, 1.54) is 6.26 Å². The molecule has 6 nitrogen and oxygen atoms in total. The van der Waals surface area contributed by atoms with Crippen molar-refractivity contribution in [3.8, 4) is 0 Å². The van der Waals surface area contributed by atoms with Crippen molar-refractivity contribution in [3.63, 3.8) is 0 Å². The van der Waals surface area contributed by atoms with Gasteiger partial charge in [0.1, 0.15) is 13.2 Å². The summed E-state index contributed by atoms with van der Waals surface area (Å²) in [5, 5.41) is 18.1. The van der Waals surface area contributed by atoms with Crippen LogP contribution in [0.2, 0.25) is 0 Å². The number of nitrogens with zero attached hydrogens (tertiary/aromatic N) is 1. The molecule has 1 aromatic heterocycles. The molecule has 2 N–H and O–H groups in total. The van der Waals surface area contributed by atoms with Gasteiger partial charge >= 0.3 is 0 Å². The number of aliphatic hydroxyl groups is 2. The second-order valence-corrected chi connectivity index (χ2v) is 2.32. The molecule has 1 aromatic rings. The Morgan fingerprint density at radius 2 is 1.86 bits per heavy atom. The third-order valence-electron chi connectivity index (χ3n) is 1.29. The van der Waals surface area contributed by atoms with E-state index in [0.29, 0.717) is 5.88 Å². The van der Waals surface area contributed by atoms with Crippen molar-refractivity contribution in [3.05, 3.63) is 18.4 Å². The summed E-state index contributed by atoms with van der Waals surface area (Å²) in [6.07, 6.45) is 1.47. The van der Waals surface area contributed by atoms with Crippen LogP contribution >= 0.6 is 0 Å². The van der Waals surface area contributed by atoms with Crippen LogP contribution in [-0.2, 0) is 9.68 Å². The predicted molar refractivity (Wildman–Crippen MR) is 47.3 cm³/mol. The average molecular weight is 203 g/mol. The highest BCUT2D eigenvalue weighted by Gasteiger charge is 2.10. The number of anilines is 1. The summed E-state index contributed by atoms with van der Waals surface area (Å²) in [7, 11) is 0. The molecule has 0 aromatic carbocycles. The van der Waals surface area contributed by atoms with E-state index in [4.69, 9.17) is 24.3 Å². The maximum absolute atomic E-state index is 8.55. The lowest BCUT2D eigenvalue weighted by atomic mass is 10.6. The fourth-order valence-corrected chi connectivity index (χ4v) is 0.786. The molecule has 0 unspecified atom stereocenters. The summed E-state index contributed by atoms with van der Waals surface area (Å²) in [4.78, 5) is 9.99. The van der Waals surface area contributed by atoms with Gasteiger partial charge in [-0.3, -0.25) is 0 Å². The highest BCUT2D eigenvalue weighted by atomic mass is 17.0.